The summed E-state index contributed by atoms with van der Waals surface area (Å²) in [4.78, 5) is 21.3. The summed E-state index contributed by atoms with van der Waals surface area (Å²) in [7, 11) is 0. The van der Waals surface area contributed by atoms with Gasteiger partial charge in [-0.15, -0.1) is 0 Å². The molecule has 0 saturated heterocycles. The summed E-state index contributed by atoms with van der Waals surface area (Å²) >= 11 is 3.19. The maximum atomic E-state index is 10.6. The number of aldehydes is 1. The lowest BCUT2D eigenvalue weighted by Gasteiger charge is -1.94. The first-order chi connectivity index (χ1) is 7.11. The number of fused-ring (bicyclic) bond motifs is 1. The molecule has 0 radical (unpaired) electrons. The van der Waals surface area contributed by atoms with Crippen molar-refractivity contribution in [1.82, 2.24) is 0 Å². The lowest BCUT2D eigenvalue weighted by atomic mass is 10.2. The molecule has 1 aromatic heterocycles. The standard InChI is InChI=1S/C10H5BrO4/c11-7-3-8-5(1-6(7)4-12)2-9(15-8)10(13)14/h1-4H,(H,13,14). The molecule has 0 spiro atoms. The van der Waals surface area contributed by atoms with Crippen molar-refractivity contribution in [2.45, 2.75) is 0 Å². The van der Waals surface area contributed by atoms with Gasteiger partial charge in [-0.1, -0.05) is 0 Å². The highest BCUT2D eigenvalue weighted by Crippen LogP contribution is 2.26. The Kier molecular flexibility index (Phi) is 2.32. The molecule has 1 aromatic carbocycles. The quantitative estimate of drug-likeness (QED) is 0.851. The molecule has 2 aromatic rings. The van der Waals surface area contributed by atoms with Crippen LogP contribution in [0.1, 0.15) is 20.9 Å². The number of aromatic carboxylic acids is 1. The Morgan fingerprint density at radius 3 is 2.73 bits per heavy atom. The van der Waals surface area contributed by atoms with Gasteiger partial charge in [-0.05, 0) is 34.1 Å². The van der Waals surface area contributed by atoms with E-state index in [-0.39, 0.29) is 5.76 Å². The average molecular weight is 269 g/mol. The summed E-state index contributed by atoms with van der Waals surface area (Å²) in [6.45, 7) is 0. The van der Waals surface area contributed by atoms with Crippen LogP contribution in [0.2, 0.25) is 0 Å². The predicted octanol–water partition coefficient (Wildman–Crippen LogP) is 2.71. The number of benzene rings is 1. The maximum absolute atomic E-state index is 10.6. The topological polar surface area (TPSA) is 67.5 Å². The van der Waals surface area contributed by atoms with E-state index in [1.54, 1.807) is 12.1 Å². The summed E-state index contributed by atoms with van der Waals surface area (Å²) in [6, 6.07) is 4.53. The smallest absolute Gasteiger partial charge is 0.371 e. The third kappa shape index (κ3) is 1.66. The van der Waals surface area contributed by atoms with E-state index in [0.717, 1.165) is 0 Å². The second-order valence-corrected chi connectivity index (χ2v) is 3.80. The number of furan rings is 1. The van der Waals surface area contributed by atoms with Crippen LogP contribution >= 0.6 is 15.9 Å². The Balaban J connectivity index is 2.71. The molecule has 4 nitrogen and oxygen atoms in total. The zero-order chi connectivity index (χ0) is 11.0. The molecule has 0 amide bonds. The fourth-order valence-electron chi connectivity index (χ4n) is 1.28. The molecule has 0 fully saturated rings. The predicted molar refractivity (Wildman–Crippen MR) is 56.3 cm³/mol. The Morgan fingerprint density at radius 2 is 2.13 bits per heavy atom. The van der Waals surface area contributed by atoms with Gasteiger partial charge in [0.2, 0.25) is 5.76 Å². The number of carboxylic acid groups (broad SMARTS) is 1. The first-order valence-electron chi connectivity index (χ1n) is 4.03. The lowest BCUT2D eigenvalue weighted by molar-refractivity contribution is 0.0665. The molecule has 15 heavy (non-hydrogen) atoms. The third-order valence-electron chi connectivity index (χ3n) is 1.97. The molecule has 0 aliphatic rings. The van der Waals surface area contributed by atoms with Gasteiger partial charge in [-0.25, -0.2) is 4.79 Å². The molecular formula is C10H5BrO4. The fraction of sp³-hybridized carbons (Fsp3) is 0. The molecule has 5 heteroatoms. The Bertz CT molecular complexity index is 556. The number of hydrogen-bond acceptors (Lipinski definition) is 3. The number of halogens is 1. The largest absolute Gasteiger partial charge is 0.475 e. The highest BCUT2D eigenvalue weighted by molar-refractivity contribution is 9.10. The summed E-state index contributed by atoms with van der Waals surface area (Å²) < 4.78 is 5.64. The van der Waals surface area contributed by atoms with Gasteiger partial charge in [-0.3, -0.25) is 4.79 Å². The second kappa shape index (κ2) is 3.51. The van der Waals surface area contributed by atoms with Crippen LogP contribution in [0, 0.1) is 0 Å². The van der Waals surface area contributed by atoms with Gasteiger partial charge in [0.15, 0.2) is 6.29 Å². The minimum atomic E-state index is -1.13. The SMILES string of the molecule is O=Cc1cc2cc(C(=O)O)oc2cc1Br. The minimum Gasteiger partial charge on any atom is -0.475 e. The molecule has 76 valence electrons. The van der Waals surface area contributed by atoms with E-state index in [0.29, 0.717) is 27.3 Å². The van der Waals surface area contributed by atoms with Crippen molar-refractivity contribution in [3.05, 3.63) is 34.0 Å². The molecular weight excluding hydrogens is 264 g/mol. The van der Waals surface area contributed by atoms with E-state index in [1.165, 1.54) is 6.07 Å². The van der Waals surface area contributed by atoms with E-state index in [1.807, 2.05) is 0 Å². The molecule has 2 rings (SSSR count). The highest BCUT2D eigenvalue weighted by atomic mass is 79.9. The summed E-state index contributed by atoms with van der Waals surface area (Å²) in [6.07, 6.45) is 0.691. The second-order valence-electron chi connectivity index (χ2n) is 2.95. The van der Waals surface area contributed by atoms with Gasteiger partial charge in [0.05, 0.1) is 0 Å². The molecule has 0 aliphatic heterocycles. The van der Waals surface area contributed by atoms with Crippen molar-refractivity contribution in [3.8, 4) is 0 Å². The van der Waals surface area contributed by atoms with Gasteiger partial charge in [0.1, 0.15) is 5.58 Å². The van der Waals surface area contributed by atoms with Crippen LogP contribution in [0.3, 0.4) is 0 Å². The van der Waals surface area contributed by atoms with Crippen molar-refractivity contribution < 1.29 is 19.1 Å². The lowest BCUT2D eigenvalue weighted by Crippen LogP contribution is -1.91. The normalized spacial score (nSPS) is 10.5. The Labute approximate surface area is 92.6 Å². The zero-order valence-corrected chi connectivity index (χ0v) is 8.95. The van der Waals surface area contributed by atoms with E-state index in [2.05, 4.69) is 15.9 Å². The Hall–Kier alpha value is -1.62. The summed E-state index contributed by atoms with van der Waals surface area (Å²) in [5.74, 6) is -1.27. The zero-order valence-electron chi connectivity index (χ0n) is 7.36. The minimum absolute atomic E-state index is 0.139. The van der Waals surface area contributed by atoms with Crippen LogP contribution in [0.4, 0.5) is 0 Å². The molecule has 0 bridgehead atoms. The van der Waals surface area contributed by atoms with E-state index in [4.69, 9.17) is 9.52 Å². The fourth-order valence-corrected chi connectivity index (χ4v) is 1.69. The third-order valence-corrected chi connectivity index (χ3v) is 2.66. The van der Waals surface area contributed by atoms with Crippen molar-refractivity contribution >= 4 is 39.2 Å². The average Bonchev–Trinajstić information content (AvgIpc) is 2.59. The van der Waals surface area contributed by atoms with Crippen LogP contribution in [-0.2, 0) is 0 Å². The number of carboxylic acids is 1. The van der Waals surface area contributed by atoms with Crippen molar-refractivity contribution in [1.29, 1.82) is 0 Å². The van der Waals surface area contributed by atoms with Crippen LogP contribution in [0.15, 0.2) is 27.1 Å². The number of hydrogen-bond donors (Lipinski definition) is 1. The van der Waals surface area contributed by atoms with E-state index in [9.17, 15) is 9.59 Å². The molecule has 1 N–H and O–H groups in total. The van der Waals surface area contributed by atoms with Crippen molar-refractivity contribution in [2.24, 2.45) is 0 Å². The van der Waals surface area contributed by atoms with Gasteiger partial charge in [0, 0.05) is 15.4 Å². The number of carbonyl (C=O) groups excluding carboxylic acids is 1. The first-order valence-corrected chi connectivity index (χ1v) is 4.82. The number of carbonyl (C=O) groups is 2. The Morgan fingerprint density at radius 1 is 1.40 bits per heavy atom. The number of rotatable bonds is 2. The summed E-state index contributed by atoms with van der Waals surface area (Å²) in [5.41, 5.74) is 0.894. The van der Waals surface area contributed by atoms with Crippen LogP contribution in [0.5, 0.6) is 0 Å². The van der Waals surface area contributed by atoms with Gasteiger partial charge in [-0.2, -0.15) is 0 Å². The van der Waals surface area contributed by atoms with E-state index >= 15 is 0 Å². The van der Waals surface area contributed by atoms with Crippen molar-refractivity contribution in [3.63, 3.8) is 0 Å². The molecule has 0 unspecified atom stereocenters. The van der Waals surface area contributed by atoms with Crippen molar-refractivity contribution in [2.75, 3.05) is 0 Å². The summed E-state index contributed by atoms with van der Waals surface area (Å²) in [5, 5.41) is 9.30. The van der Waals surface area contributed by atoms with Crippen LogP contribution < -0.4 is 0 Å². The van der Waals surface area contributed by atoms with Crippen LogP contribution in [0.25, 0.3) is 11.0 Å². The molecule has 0 saturated carbocycles. The van der Waals surface area contributed by atoms with Gasteiger partial charge < -0.3 is 9.52 Å². The van der Waals surface area contributed by atoms with E-state index < -0.39 is 5.97 Å². The monoisotopic (exact) mass is 268 g/mol. The first kappa shape index (κ1) is 9.92. The molecule has 0 atom stereocenters. The maximum Gasteiger partial charge on any atom is 0.371 e. The van der Waals surface area contributed by atoms with Crippen LogP contribution in [-0.4, -0.2) is 17.4 Å². The molecule has 1 heterocycles. The highest BCUT2D eigenvalue weighted by Gasteiger charge is 2.12. The van der Waals surface area contributed by atoms with Gasteiger partial charge in [0.25, 0.3) is 0 Å². The van der Waals surface area contributed by atoms with Gasteiger partial charge >= 0.3 is 5.97 Å². The molecule has 0 aliphatic carbocycles.